The summed E-state index contributed by atoms with van der Waals surface area (Å²) in [5, 5.41) is 0. The molecule has 0 unspecified atom stereocenters. The fourth-order valence-corrected chi connectivity index (χ4v) is 6.87. The molecule has 0 aliphatic rings. The van der Waals surface area contributed by atoms with E-state index >= 15 is 0 Å². The van der Waals surface area contributed by atoms with Crippen LogP contribution in [0.3, 0.4) is 0 Å². The number of rotatable bonds is 7. The quantitative estimate of drug-likeness (QED) is 0.182. The highest BCUT2D eigenvalue weighted by Gasteiger charge is 2.28. The molecule has 0 saturated carbocycles. The maximum absolute atomic E-state index is 4.66. The molecule has 0 aliphatic carbocycles. The van der Waals surface area contributed by atoms with Gasteiger partial charge >= 0.3 is 0 Å². The highest BCUT2D eigenvalue weighted by molar-refractivity contribution is 6.96. The Labute approximate surface area is 262 Å². The number of nitrogens with zero attached hydrogens (tertiary/aromatic N) is 3. The third-order valence-electron chi connectivity index (χ3n) is 8.54. The lowest BCUT2D eigenvalue weighted by atomic mass is 9.34. The fraction of sp³-hybridized carbons (Fsp3) is 0.150. The number of aryl methyl sites for hydroxylation is 6. The van der Waals surface area contributed by atoms with Crippen LogP contribution >= 0.6 is 0 Å². The zero-order chi connectivity index (χ0) is 30.8. The van der Waals surface area contributed by atoms with Crippen LogP contribution in [0.15, 0.2) is 122 Å². The Morgan fingerprint density at radius 2 is 1.09 bits per heavy atom. The molecular formula is C40H38BN3. The van der Waals surface area contributed by atoms with E-state index in [4.69, 9.17) is 0 Å². The molecule has 3 nitrogen and oxygen atoms in total. The topological polar surface area (TPSA) is 29.0 Å². The molecule has 44 heavy (non-hydrogen) atoms. The summed E-state index contributed by atoms with van der Waals surface area (Å²) in [6.07, 6.45) is 3.41. The molecule has 4 heteroatoms. The van der Waals surface area contributed by atoms with Crippen molar-refractivity contribution in [3.63, 3.8) is 0 Å². The first-order valence-electron chi connectivity index (χ1n) is 15.3. The van der Waals surface area contributed by atoms with Crippen molar-refractivity contribution >= 4 is 40.3 Å². The molecular weight excluding hydrogens is 533 g/mol. The van der Waals surface area contributed by atoms with Crippen LogP contribution in [0.4, 0.5) is 17.2 Å². The second kappa shape index (κ2) is 12.3. The zero-order valence-corrected chi connectivity index (χ0v) is 26.5. The smallest absolute Gasteiger partial charge is 0.242 e. The normalized spacial score (nSPS) is 11.0. The van der Waals surface area contributed by atoms with Gasteiger partial charge in [-0.15, -0.1) is 0 Å². The van der Waals surface area contributed by atoms with E-state index in [2.05, 4.69) is 160 Å². The Bertz CT molecular complexity index is 1810. The molecule has 0 bridgehead atoms. The molecule has 0 N–H and O–H groups in total. The highest BCUT2D eigenvalue weighted by atomic mass is 15.2. The number of anilines is 3. The van der Waals surface area contributed by atoms with Crippen LogP contribution in [0.2, 0.25) is 0 Å². The van der Waals surface area contributed by atoms with Crippen LogP contribution in [-0.4, -0.2) is 16.7 Å². The van der Waals surface area contributed by atoms with Gasteiger partial charge in [0.25, 0.3) is 0 Å². The van der Waals surface area contributed by atoms with Crippen LogP contribution in [0, 0.1) is 41.5 Å². The Morgan fingerprint density at radius 1 is 0.523 bits per heavy atom. The molecule has 0 amide bonds. The van der Waals surface area contributed by atoms with Crippen molar-refractivity contribution in [3.05, 3.63) is 155 Å². The first-order valence-corrected chi connectivity index (χ1v) is 15.3. The summed E-state index contributed by atoms with van der Waals surface area (Å²) in [5.74, 6) is 0.824. The van der Waals surface area contributed by atoms with Gasteiger partial charge in [-0.05, 0) is 83.0 Å². The highest BCUT2D eigenvalue weighted by Crippen LogP contribution is 2.35. The van der Waals surface area contributed by atoms with E-state index in [1.165, 1.54) is 55.3 Å². The molecule has 1 heterocycles. The van der Waals surface area contributed by atoms with Crippen molar-refractivity contribution in [2.24, 2.45) is 0 Å². The Hall–Kier alpha value is -4.96. The molecule has 0 atom stereocenters. The molecule has 0 fully saturated rings. The van der Waals surface area contributed by atoms with Crippen molar-refractivity contribution in [2.45, 2.75) is 41.5 Å². The lowest BCUT2D eigenvalue weighted by molar-refractivity contribution is 1.11. The van der Waals surface area contributed by atoms with Crippen LogP contribution in [0.25, 0.3) is 11.1 Å². The summed E-state index contributed by atoms with van der Waals surface area (Å²) in [6, 6.07) is 39.4. The maximum Gasteiger partial charge on any atom is 0.242 e. The van der Waals surface area contributed by atoms with Crippen molar-refractivity contribution in [3.8, 4) is 11.1 Å². The summed E-state index contributed by atoms with van der Waals surface area (Å²) < 4.78 is 0. The molecule has 0 spiro atoms. The van der Waals surface area contributed by atoms with Crippen LogP contribution in [0.1, 0.15) is 33.4 Å². The van der Waals surface area contributed by atoms with Crippen LogP contribution in [-0.2, 0) is 0 Å². The summed E-state index contributed by atoms with van der Waals surface area (Å²) in [5.41, 5.74) is 16.4. The summed E-state index contributed by atoms with van der Waals surface area (Å²) in [7, 11) is 0. The second-order valence-corrected chi connectivity index (χ2v) is 12.0. The lowest BCUT2D eigenvalue weighted by Crippen LogP contribution is -2.55. The SMILES string of the molecule is Cc1cc(C)c(B(c2ccc(N(c3cccc(-c4ccccc4)c3)c3ccncn3)cc2)c2c(C)cc(C)cc2C)c(C)c1. The average Bonchev–Trinajstić information content (AvgIpc) is 3.01. The lowest BCUT2D eigenvalue weighted by Gasteiger charge is -2.27. The average molecular weight is 572 g/mol. The van der Waals surface area contributed by atoms with Crippen molar-refractivity contribution in [2.75, 3.05) is 4.90 Å². The first-order chi connectivity index (χ1) is 21.3. The third kappa shape index (κ3) is 5.81. The Morgan fingerprint density at radius 3 is 1.64 bits per heavy atom. The van der Waals surface area contributed by atoms with Gasteiger partial charge in [0.05, 0.1) is 0 Å². The number of aromatic nitrogens is 2. The predicted molar refractivity (Wildman–Crippen MR) is 188 cm³/mol. The number of hydrogen-bond donors (Lipinski definition) is 0. The zero-order valence-electron chi connectivity index (χ0n) is 26.5. The summed E-state index contributed by atoms with van der Waals surface area (Å²) >= 11 is 0. The first kappa shape index (κ1) is 29.1. The summed E-state index contributed by atoms with van der Waals surface area (Å²) in [6.45, 7) is 13.5. The van der Waals surface area contributed by atoms with Gasteiger partial charge in [-0.2, -0.15) is 0 Å². The van der Waals surface area contributed by atoms with E-state index in [0.717, 1.165) is 22.8 Å². The van der Waals surface area contributed by atoms with Gasteiger partial charge in [-0.25, -0.2) is 9.97 Å². The van der Waals surface area contributed by atoms with Crippen LogP contribution < -0.4 is 21.3 Å². The minimum Gasteiger partial charge on any atom is -0.295 e. The number of benzene rings is 5. The van der Waals surface area contributed by atoms with E-state index in [9.17, 15) is 0 Å². The molecule has 0 aliphatic heterocycles. The van der Waals surface area contributed by atoms with E-state index in [0.29, 0.717) is 0 Å². The molecule has 216 valence electrons. The molecule has 6 rings (SSSR count). The van der Waals surface area contributed by atoms with E-state index in [-0.39, 0.29) is 6.71 Å². The minimum absolute atomic E-state index is 0.124. The van der Waals surface area contributed by atoms with Gasteiger partial charge < -0.3 is 0 Å². The standard InChI is InChI=1S/C40H38BN3/c1-27-21-29(3)39(30(4)22-27)41(40-31(5)23-28(2)24-32(40)6)35-15-17-36(18-16-35)44(38-19-20-42-26-43-38)37-14-10-13-34(25-37)33-11-8-7-9-12-33/h7-26H,1-6H3. The largest absolute Gasteiger partial charge is 0.295 e. The van der Waals surface area contributed by atoms with Gasteiger partial charge in [0.15, 0.2) is 0 Å². The van der Waals surface area contributed by atoms with Gasteiger partial charge in [0, 0.05) is 17.6 Å². The summed E-state index contributed by atoms with van der Waals surface area (Å²) in [4.78, 5) is 11.1. The monoisotopic (exact) mass is 571 g/mol. The van der Waals surface area contributed by atoms with Gasteiger partial charge in [-0.1, -0.05) is 129 Å². The van der Waals surface area contributed by atoms with E-state index in [1.807, 2.05) is 6.07 Å². The molecule has 1 aromatic heterocycles. The molecule has 5 aromatic carbocycles. The van der Waals surface area contributed by atoms with E-state index < -0.39 is 0 Å². The fourth-order valence-electron chi connectivity index (χ4n) is 6.87. The van der Waals surface area contributed by atoms with Crippen molar-refractivity contribution in [1.29, 1.82) is 0 Å². The molecule has 0 radical (unpaired) electrons. The second-order valence-electron chi connectivity index (χ2n) is 12.0. The minimum atomic E-state index is 0.124. The van der Waals surface area contributed by atoms with Crippen molar-refractivity contribution < 1.29 is 0 Å². The Kier molecular flexibility index (Phi) is 8.17. The van der Waals surface area contributed by atoms with Crippen molar-refractivity contribution in [1.82, 2.24) is 9.97 Å². The van der Waals surface area contributed by atoms with Crippen LogP contribution in [0.5, 0.6) is 0 Å². The van der Waals surface area contributed by atoms with E-state index in [1.54, 1.807) is 12.5 Å². The Balaban J connectivity index is 1.49. The van der Waals surface area contributed by atoms with Gasteiger partial charge in [0.2, 0.25) is 6.71 Å². The van der Waals surface area contributed by atoms with Gasteiger partial charge in [-0.3, -0.25) is 4.90 Å². The molecule has 0 saturated heterocycles. The number of hydrogen-bond acceptors (Lipinski definition) is 3. The third-order valence-corrected chi connectivity index (χ3v) is 8.54. The molecule has 6 aromatic rings. The maximum atomic E-state index is 4.66. The van der Waals surface area contributed by atoms with Gasteiger partial charge in [0.1, 0.15) is 12.1 Å². The predicted octanol–water partition coefficient (Wildman–Crippen LogP) is 7.98.